The Morgan fingerprint density at radius 3 is 2.00 bits per heavy atom. The molecule has 1 fully saturated rings. The second-order valence-electron chi connectivity index (χ2n) is 11.0. The van der Waals surface area contributed by atoms with Crippen LogP contribution in [0, 0.1) is 0 Å². The van der Waals surface area contributed by atoms with E-state index in [4.69, 9.17) is 14.2 Å². The second kappa shape index (κ2) is 16.0. The van der Waals surface area contributed by atoms with Crippen LogP contribution >= 0.6 is 0 Å². The maximum absolute atomic E-state index is 11.8. The number of hydrogen-bond donors (Lipinski definition) is 2. The van der Waals surface area contributed by atoms with E-state index in [9.17, 15) is 9.90 Å². The summed E-state index contributed by atoms with van der Waals surface area (Å²) in [5, 5.41) is 12.3. The lowest BCUT2D eigenvalue weighted by Crippen LogP contribution is -2.39. The van der Waals surface area contributed by atoms with Crippen LogP contribution in [0.25, 0.3) is 0 Å². The minimum Gasteiger partial charge on any atom is -0.445 e. The van der Waals surface area contributed by atoms with Crippen molar-refractivity contribution in [3.05, 3.63) is 155 Å². The summed E-state index contributed by atoms with van der Waals surface area (Å²) in [6, 6.07) is 36.9. The molecule has 3 atom stereocenters. The quantitative estimate of drug-likeness (QED) is 0.166. The molecule has 0 bridgehead atoms. The van der Waals surface area contributed by atoms with E-state index in [1.54, 1.807) is 0 Å². The predicted molar refractivity (Wildman–Crippen MR) is 170 cm³/mol. The minimum absolute atomic E-state index is 0.00127. The van der Waals surface area contributed by atoms with Gasteiger partial charge in [-0.05, 0) is 27.8 Å². The van der Waals surface area contributed by atoms with Gasteiger partial charge in [0.05, 0.1) is 18.8 Å². The Balaban J connectivity index is 1.34. The fraction of sp³-hybridized carbons (Fsp3) is 0.270. The van der Waals surface area contributed by atoms with Crippen LogP contribution in [0.1, 0.15) is 52.2 Å². The fourth-order valence-corrected chi connectivity index (χ4v) is 5.34. The van der Waals surface area contributed by atoms with E-state index in [2.05, 4.69) is 65.3 Å². The van der Waals surface area contributed by atoms with Gasteiger partial charge >= 0.3 is 6.09 Å². The lowest BCUT2D eigenvalue weighted by Gasteiger charge is -2.38. The van der Waals surface area contributed by atoms with Crippen LogP contribution in [0.4, 0.5) is 4.79 Å². The minimum atomic E-state index is -0.564. The maximum atomic E-state index is 11.8. The topological polar surface area (TPSA) is 80.3 Å². The number of aliphatic hydroxyl groups is 1. The van der Waals surface area contributed by atoms with Gasteiger partial charge in [-0.25, -0.2) is 4.79 Å². The Morgan fingerprint density at radius 2 is 1.41 bits per heavy atom. The van der Waals surface area contributed by atoms with Crippen molar-refractivity contribution in [3.8, 4) is 0 Å². The molecule has 1 amide bonds. The summed E-state index contributed by atoms with van der Waals surface area (Å²) in [6.07, 6.45) is 0.909. The number of nitrogens with zero attached hydrogens (tertiary/aromatic N) is 1. The zero-order valence-corrected chi connectivity index (χ0v) is 24.9. The molecule has 3 unspecified atom stereocenters. The number of aliphatic hydroxyl groups excluding tert-OH is 1. The average Bonchev–Trinajstić information content (AvgIpc) is 3.07. The number of alkyl carbamates (subject to hydrolysis) is 1. The van der Waals surface area contributed by atoms with Gasteiger partial charge < -0.3 is 24.6 Å². The number of ether oxygens (including phenoxy) is 3. The molecule has 1 aliphatic rings. The van der Waals surface area contributed by atoms with Crippen LogP contribution in [0.3, 0.4) is 0 Å². The molecule has 4 aromatic carbocycles. The molecule has 44 heavy (non-hydrogen) atoms. The number of carbonyl (C=O) groups is 1. The molecule has 0 spiro atoms. The number of rotatable bonds is 13. The highest BCUT2D eigenvalue weighted by atomic mass is 16.7. The third-order valence-corrected chi connectivity index (χ3v) is 7.60. The monoisotopic (exact) mass is 592 g/mol. The number of hydrogen-bond acceptors (Lipinski definition) is 6. The first-order valence-corrected chi connectivity index (χ1v) is 15.0. The first kappa shape index (κ1) is 31.2. The summed E-state index contributed by atoms with van der Waals surface area (Å²) in [5.41, 5.74) is 6.26. The summed E-state index contributed by atoms with van der Waals surface area (Å²) in [4.78, 5) is 14.3. The van der Waals surface area contributed by atoms with Crippen LogP contribution in [-0.4, -0.2) is 35.4 Å². The van der Waals surface area contributed by atoms with Crippen LogP contribution in [-0.2, 0) is 40.5 Å². The summed E-state index contributed by atoms with van der Waals surface area (Å²) in [7, 11) is 0. The molecule has 0 saturated carbocycles. The van der Waals surface area contributed by atoms with E-state index in [0.29, 0.717) is 13.0 Å². The Labute approximate surface area is 259 Å². The number of nitrogens with one attached hydrogen (secondary N) is 1. The molecule has 0 aliphatic carbocycles. The SMILES string of the molecule is C=CCOC(=O)NCc1ccc(C2OC(CN(Cc3ccccc3)Cc3ccccc3)CC(c3ccc(CO)cc3)O2)cc1. The van der Waals surface area contributed by atoms with Crippen LogP contribution in [0.2, 0.25) is 0 Å². The molecule has 5 rings (SSSR count). The van der Waals surface area contributed by atoms with Gasteiger partial charge in [0.25, 0.3) is 0 Å². The molecule has 7 heteroatoms. The molecular weight excluding hydrogens is 552 g/mol. The van der Waals surface area contributed by atoms with Crippen molar-refractivity contribution in [1.82, 2.24) is 10.2 Å². The van der Waals surface area contributed by atoms with Crippen LogP contribution in [0.15, 0.2) is 122 Å². The average molecular weight is 593 g/mol. The van der Waals surface area contributed by atoms with Crippen molar-refractivity contribution >= 4 is 6.09 Å². The first-order valence-electron chi connectivity index (χ1n) is 15.0. The van der Waals surface area contributed by atoms with Crippen LogP contribution < -0.4 is 5.32 Å². The molecule has 0 aromatic heterocycles. The third-order valence-electron chi connectivity index (χ3n) is 7.60. The summed E-state index contributed by atoms with van der Waals surface area (Å²) in [5.74, 6) is 0. The highest BCUT2D eigenvalue weighted by Gasteiger charge is 2.33. The zero-order valence-electron chi connectivity index (χ0n) is 24.9. The predicted octanol–water partition coefficient (Wildman–Crippen LogP) is 6.84. The zero-order chi connectivity index (χ0) is 30.6. The summed E-state index contributed by atoms with van der Waals surface area (Å²) in [6.45, 7) is 6.39. The van der Waals surface area contributed by atoms with Crippen molar-refractivity contribution < 1.29 is 24.1 Å². The van der Waals surface area contributed by atoms with E-state index in [1.165, 1.54) is 17.2 Å². The maximum Gasteiger partial charge on any atom is 0.407 e. The number of benzene rings is 4. The Morgan fingerprint density at radius 1 is 0.818 bits per heavy atom. The molecule has 7 nitrogen and oxygen atoms in total. The lowest BCUT2D eigenvalue weighted by atomic mass is 9.99. The van der Waals surface area contributed by atoms with Gasteiger partial charge in [-0.3, -0.25) is 4.90 Å². The molecule has 228 valence electrons. The van der Waals surface area contributed by atoms with E-state index >= 15 is 0 Å². The van der Waals surface area contributed by atoms with Gasteiger partial charge in [0.15, 0.2) is 6.29 Å². The molecule has 2 N–H and O–H groups in total. The standard InChI is InChI=1S/C37H40N2O5/c1-2-21-42-37(41)38-23-28-13-19-33(20-14-28)36-43-34(22-35(44-36)32-17-15-31(27-40)16-18-32)26-39(24-29-9-5-3-6-10-29)25-30-11-7-4-8-12-30/h2-20,34-36,40H,1,21-27H2,(H,38,41). The fourth-order valence-electron chi connectivity index (χ4n) is 5.34. The van der Waals surface area contributed by atoms with Gasteiger partial charge in [-0.1, -0.05) is 122 Å². The molecular formula is C37H40N2O5. The third kappa shape index (κ3) is 9.11. The highest BCUT2D eigenvalue weighted by Crippen LogP contribution is 2.38. The van der Waals surface area contributed by atoms with E-state index in [1.807, 2.05) is 60.7 Å². The van der Waals surface area contributed by atoms with Crippen molar-refractivity contribution in [2.75, 3.05) is 13.2 Å². The second-order valence-corrected chi connectivity index (χ2v) is 11.0. The van der Waals surface area contributed by atoms with Crippen LogP contribution in [0.5, 0.6) is 0 Å². The van der Waals surface area contributed by atoms with Crippen molar-refractivity contribution in [2.24, 2.45) is 0 Å². The Kier molecular flexibility index (Phi) is 11.3. The largest absolute Gasteiger partial charge is 0.445 e. The van der Waals surface area contributed by atoms with Gasteiger partial charge in [0.1, 0.15) is 6.61 Å². The van der Waals surface area contributed by atoms with Crippen molar-refractivity contribution in [2.45, 2.75) is 51.2 Å². The van der Waals surface area contributed by atoms with Crippen molar-refractivity contribution in [1.29, 1.82) is 0 Å². The first-order chi connectivity index (χ1) is 21.6. The van der Waals surface area contributed by atoms with Gasteiger partial charge in [-0.2, -0.15) is 0 Å². The van der Waals surface area contributed by atoms with Gasteiger partial charge in [-0.15, -0.1) is 0 Å². The number of amides is 1. The summed E-state index contributed by atoms with van der Waals surface area (Å²) < 4.78 is 18.2. The molecule has 1 heterocycles. The van der Waals surface area contributed by atoms with E-state index < -0.39 is 12.4 Å². The Hall–Kier alpha value is -4.27. The van der Waals surface area contributed by atoms with E-state index in [-0.39, 0.29) is 25.4 Å². The normalized spacial score (nSPS) is 18.1. The smallest absolute Gasteiger partial charge is 0.407 e. The number of carbonyl (C=O) groups excluding carboxylic acids is 1. The molecule has 1 aliphatic heterocycles. The van der Waals surface area contributed by atoms with Gasteiger partial charge in [0.2, 0.25) is 0 Å². The Bertz CT molecular complexity index is 1400. The lowest BCUT2D eigenvalue weighted by molar-refractivity contribution is -0.253. The van der Waals surface area contributed by atoms with Crippen molar-refractivity contribution in [3.63, 3.8) is 0 Å². The molecule has 1 saturated heterocycles. The highest BCUT2D eigenvalue weighted by molar-refractivity contribution is 5.67. The molecule has 0 radical (unpaired) electrons. The molecule has 4 aromatic rings. The summed E-state index contributed by atoms with van der Waals surface area (Å²) >= 11 is 0. The van der Waals surface area contributed by atoms with E-state index in [0.717, 1.165) is 41.9 Å². The van der Waals surface area contributed by atoms with Gasteiger partial charge in [0, 0.05) is 38.2 Å².